The second-order valence-electron chi connectivity index (χ2n) is 4.09. The van der Waals surface area contributed by atoms with E-state index in [-0.39, 0.29) is 18.6 Å². The second-order valence-corrected chi connectivity index (χ2v) is 4.83. The molecule has 1 aromatic carbocycles. The summed E-state index contributed by atoms with van der Waals surface area (Å²) in [5, 5.41) is 16.0. The minimum absolute atomic E-state index is 0.112. The molecule has 0 aliphatic carbocycles. The highest BCUT2D eigenvalue weighted by molar-refractivity contribution is 7.08. The molecule has 0 aliphatic heterocycles. The van der Waals surface area contributed by atoms with Crippen LogP contribution in [0.1, 0.15) is 27.5 Å². The maximum absolute atomic E-state index is 12.1. The van der Waals surface area contributed by atoms with Gasteiger partial charge in [-0.2, -0.15) is 11.3 Å². The van der Waals surface area contributed by atoms with E-state index in [9.17, 15) is 9.90 Å². The number of hydrogen-bond donors (Lipinski definition) is 2. The van der Waals surface area contributed by atoms with Crippen LogP contribution in [0, 0.1) is 6.92 Å². The van der Waals surface area contributed by atoms with E-state index < -0.39 is 0 Å². The number of amides is 1. The average Bonchev–Trinajstić information content (AvgIpc) is 2.83. The molecule has 0 saturated heterocycles. The van der Waals surface area contributed by atoms with Crippen LogP contribution in [0.15, 0.2) is 41.1 Å². The summed E-state index contributed by atoms with van der Waals surface area (Å²) in [6.07, 6.45) is 0. The van der Waals surface area contributed by atoms with E-state index in [1.807, 2.05) is 48.0 Å². The predicted octanol–water partition coefficient (Wildman–Crippen LogP) is 2.52. The van der Waals surface area contributed by atoms with Crippen molar-refractivity contribution < 1.29 is 9.90 Å². The first-order valence-electron chi connectivity index (χ1n) is 5.72. The fraction of sp³-hybridized carbons (Fsp3) is 0.214. The molecule has 1 aromatic heterocycles. The van der Waals surface area contributed by atoms with Crippen molar-refractivity contribution in [2.24, 2.45) is 0 Å². The molecule has 2 rings (SSSR count). The number of thiophene rings is 1. The van der Waals surface area contributed by atoms with E-state index >= 15 is 0 Å². The Morgan fingerprint density at radius 2 is 2.06 bits per heavy atom. The van der Waals surface area contributed by atoms with Gasteiger partial charge in [0, 0.05) is 5.38 Å². The van der Waals surface area contributed by atoms with Crippen molar-refractivity contribution >= 4 is 17.2 Å². The van der Waals surface area contributed by atoms with E-state index in [1.54, 1.807) is 0 Å². The molecule has 1 unspecified atom stereocenters. The standard InChI is InChI=1S/C14H15NO2S/c1-10-8-18-9-12(10)14(17)15-13(7-16)11-5-3-2-4-6-11/h2-6,8-9,13,16H,7H2,1H3,(H,15,17). The van der Waals surface area contributed by atoms with Crippen molar-refractivity contribution in [3.8, 4) is 0 Å². The molecule has 4 heteroatoms. The maximum Gasteiger partial charge on any atom is 0.252 e. The Labute approximate surface area is 110 Å². The van der Waals surface area contributed by atoms with E-state index in [1.165, 1.54) is 11.3 Å². The minimum atomic E-state index is -0.363. The summed E-state index contributed by atoms with van der Waals surface area (Å²) in [6.45, 7) is 1.79. The third-order valence-electron chi connectivity index (χ3n) is 2.79. The Morgan fingerprint density at radius 1 is 1.33 bits per heavy atom. The second kappa shape index (κ2) is 5.80. The molecule has 94 valence electrons. The summed E-state index contributed by atoms with van der Waals surface area (Å²) in [6, 6.07) is 9.10. The lowest BCUT2D eigenvalue weighted by Crippen LogP contribution is -2.30. The molecule has 3 nitrogen and oxygen atoms in total. The van der Waals surface area contributed by atoms with Crippen LogP contribution in [0.3, 0.4) is 0 Å². The highest BCUT2D eigenvalue weighted by Gasteiger charge is 2.16. The lowest BCUT2D eigenvalue weighted by atomic mass is 10.1. The Balaban J connectivity index is 2.13. The van der Waals surface area contributed by atoms with Gasteiger partial charge in [-0.3, -0.25) is 4.79 Å². The zero-order valence-corrected chi connectivity index (χ0v) is 10.9. The van der Waals surface area contributed by atoms with E-state index in [0.29, 0.717) is 5.56 Å². The van der Waals surface area contributed by atoms with Gasteiger partial charge in [0.15, 0.2) is 0 Å². The summed E-state index contributed by atoms with van der Waals surface area (Å²) in [4.78, 5) is 12.1. The van der Waals surface area contributed by atoms with Crippen molar-refractivity contribution in [3.05, 3.63) is 57.8 Å². The fourth-order valence-corrected chi connectivity index (χ4v) is 2.58. The zero-order valence-electron chi connectivity index (χ0n) is 10.1. The molecular weight excluding hydrogens is 246 g/mol. The Kier molecular flexibility index (Phi) is 4.12. The minimum Gasteiger partial charge on any atom is -0.394 e. The van der Waals surface area contributed by atoms with Crippen LogP contribution in [0.4, 0.5) is 0 Å². The number of nitrogens with one attached hydrogen (secondary N) is 1. The van der Waals surface area contributed by atoms with Gasteiger partial charge >= 0.3 is 0 Å². The summed E-state index contributed by atoms with van der Waals surface area (Å²) < 4.78 is 0. The number of aliphatic hydroxyl groups is 1. The summed E-state index contributed by atoms with van der Waals surface area (Å²) in [7, 11) is 0. The molecule has 0 spiro atoms. The Bertz CT molecular complexity index is 522. The molecule has 0 fully saturated rings. The highest BCUT2D eigenvalue weighted by atomic mass is 32.1. The van der Waals surface area contributed by atoms with Gasteiger partial charge in [0.2, 0.25) is 0 Å². The van der Waals surface area contributed by atoms with Gasteiger partial charge in [-0.1, -0.05) is 30.3 Å². The third-order valence-corrected chi connectivity index (χ3v) is 3.65. The van der Waals surface area contributed by atoms with Crippen molar-refractivity contribution in [2.75, 3.05) is 6.61 Å². The van der Waals surface area contributed by atoms with Gasteiger partial charge < -0.3 is 10.4 Å². The van der Waals surface area contributed by atoms with E-state index in [2.05, 4.69) is 5.32 Å². The molecule has 2 N–H and O–H groups in total. The molecule has 1 heterocycles. The topological polar surface area (TPSA) is 49.3 Å². The summed E-state index contributed by atoms with van der Waals surface area (Å²) >= 11 is 1.50. The molecule has 0 bridgehead atoms. The van der Waals surface area contributed by atoms with Crippen LogP contribution in [0.2, 0.25) is 0 Å². The van der Waals surface area contributed by atoms with Crippen molar-refractivity contribution in [1.29, 1.82) is 0 Å². The monoisotopic (exact) mass is 261 g/mol. The molecule has 1 amide bonds. The first-order chi connectivity index (χ1) is 8.72. The SMILES string of the molecule is Cc1cscc1C(=O)NC(CO)c1ccccc1. The van der Waals surface area contributed by atoms with Crippen LogP contribution in [-0.2, 0) is 0 Å². The van der Waals surface area contributed by atoms with Crippen LogP contribution in [-0.4, -0.2) is 17.6 Å². The Hall–Kier alpha value is -1.65. The van der Waals surface area contributed by atoms with Crippen molar-refractivity contribution in [1.82, 2.24) is 5.32 Å². The first-order valence-corrected chi connectivity index (χ1v) is 6.66. The van der Waals surface area contributed by atoms with Crippen LogP contribution < -0.4 is 5.32 Å². The summed E-state index contributed by atoms with van der Waals surface area (Å²) in [5.74, 6) is -0.142. The van der Waals surface area contributed by atoms with Gasteiger partial charge in [-0.05, 0) is 23.4 Å². The number of benzene rings is 1. The van der Waals surface area contributed by atoms with Crippen LogP contribution in [0.5, 0.6) is 0 Å². The van der Waals surface area contributed by atoms with E-state index in [4.69, 9.17) is 0 Å². The Morgan fingerprint density at radius 3 is 2.61 bits per heavy atom. The van der Waals surface area contributed by atoms with Gasteiger partial charge in [0.25, 0.3) is 5.91 Å². The van der Waals surface area contributed by atoms with Crippen molar-refractivity contribution in [3.63, 3.8) is 0 Å². The molecule has 1 atom stereocenters. The predicted molar refractivity (Wildman–Crippen MR) is 72.8 cm³/mol. The highest BCUT2D eigenvalue weighted by Crippen LogP contribution is 2.16. The molecule has 2 aromatic rings. The van der Waals surface area contributed by atoms with Crippen LogP contribution >= 0.6 is 11.3 Å². The quantitative estimate of drug-likeness (QED) is 0.888. The van der Waals surface area contributed by atoms with E-state index in [0.717, 1.165) is 11.1 Å². The molecular formula is C14H15NO2S. The first kappa shape index (κ1) is 12.8. The zero-order chi connectivity index (χ0) is 13.0. The molecule has 18 heavy (non-hydrogen) atoms. The number of aryl methyl sites for hydroxylation is 1. The number of rotatable bonds is 4. The van der Waals surface area contributed by atoms with Gasteiger partial charge in [-0.15, -0.1) is 0 Å². The third kappa shape index (κ3) is 2.78. The normalized spacial score (nSPS) is 12.1. The van der Waals surface area contributed by atoms with Gasteiger partial charge in [-0.25, -0.2) is 0 Å². The van der Waals surface area contributed by atoms with Crippen LogP contribution in [0.25, 0.3) is 0 Å². The number of aliphatic hydroxyl groups excluding tert-OH is 1. The molecule has 0 saturated carbocycles. The summed E-state index contributed by atoms with van der Waals surface area (Å²) in [5.41, 5.74) is 2.54. The largest absolute Gasteiger partial charge is 0.394 e. The smallest absolute Gasteiger partial charge is 0.252 e. The molecule has 0 aliphatic rings. The average molecular weight is 261 g/mol. The number of hydrogen-bond acceptors (Lipinski definition) is 3. The van der Waals surface area contributed by atoms with Gasteiger partial charge in [0.1, 0.15) is 0 Å². The molecule has 0 radical (unpaired) electrons. The maximum atomic E-state index is 12.1. The number of carbonyl (C=O) groups excluding carboxylic acids is 1. The van der Waals surface area contributed by atoms with Crippen molar-refractivity contribution in [2.45, 2.75) is 13.0 Å². The lowest BCUT2D eigenvalue weighted by Gasteiger charge is -2.16. The lowest BCUT2D eigenvalue weighted by molar-refractivity contribution is 0.0916. The number of carbonyl (C=O) groups is 1. The van der Waals surface area contributed by atoms with Gasteiger partial charge in [0.05, 0.1) is 18.2 Å². The fourth-order valence-electron chi connectivity index (χ4n) is 1.75.